The molecule has 2 saturated heterocycles. The monoisotopic (exact) mass is 275 g/mol. The van der Waals surface area contributed by atoms with Crippen molar-refractivity contribution in [1.82, 2.24) is 5.32 Å². The molecule has 1 atom stereocenters. The Morgan fingerprint density at radius 2 is 1.89 bits per heavy atom. The minimum absolute atomic E-state index is 0.207. The van der Waals surface area contributed by atoms with Gasteiger partial charge < -0.3 is 10.1 Å². The Kier molecular flexibility index (Phi) is 5.45. The Labute approximate surface area is 110 Å². The molecule has 0 aromatic heterocycles. The predicted molar refractivity (Wildman–Crippen MR) is 72.5 cm³/mol. The number of hydrogen-bond donors (Lipinski definition) is 1. The fourth-order valence-corrected chi connectivity index (χ4v) is 4.56. The van der Waals surface area contributed by atoms with Crippen molar-refractivity contribution < 1.29 is 13.2 Å². The van der Waals surface area contributed by atoms with Crippen LogP contribution in [0.2, 0.25) is 0 Å². The van der Waals surface area contributed by atoms with E-state index in [1.54, 1.807) is 0 Å². The molecule has 18 heavy (non-hydrogen) atoms. The van der Waals surface area contributed by atoms with Crippen LogP contribution in [0.4, 0.5) is 0 Å². The lowest BCUT2D eigenvalue weighted by molar-refractivity contribution is 0.0631. The molecule has 4 nitrogen and oxygen atoms in total. The van der Waals surface area contributed by atoms with Gasteiger partial charge in [0.2, 0.25) is 0 Å². The molecule has 0 aromatic carbocycles. The summed E-state index contributed by atoms with van der Waals surface area (Å²) in [5.74, 6) is 1.56. The zero-order valence-corrected chi connectivity index (χ0v) is 11.9. The average Bonchev–Trinajstić information content (AvgIpc) is 2.70. The van der Waals surface area contributed by atoms with Crippen LogP contribution in [0, 0.1) is 5.92 Å². The molecular weight excluding hydrogens is 250 g/mol. The molecule has 0 aromatic rings. The van der Waals surface area contributed by atoms with Crippen molar-refractivity contribution >= 4 is 9.84 Å². The molecule has 1 N–H and O–H groups in total. The highest BCUT2D eigenvalue weighted by atomic mass is 32.2. The molecule has 2 heterocycles. The summed E-state index contributed by atoms with van der Waals surface area (Å²) in [7, 11) is -2.73. The van der Waals surface area contributed by atoms with Crippen LogP contribution in [0.3, 0.4) is 0 Å². The first-order chi connectivity index (χ1) is 8.66. The van der Waals surface area contributed by atoms with Crippen molar-refractivity contribution in [2.45, 2.75) is 44.6 Å². The zero-order valence-electron chi connectivity index (χ0n) is 11.1. The van der Waals surface area contributed by atoms with E-state index in [9.17, 15) is 8.42 Å². The van der Waals surface area contributed by atoms with Gasteiger partial charge in [-0.1, -0.05) is 12.8 Å². The molecule has 2 fully saturated rings. The Morgan fingerprint density at radius 1 is 1.11 bits per heavy atom. The SMILES string of the molecule is O=S1(=O)CCC(NCCCCC2CCOCC2)C1. The minimum Gasteiger partial charge on any atom is -0.381 e. The third-order valence-electron chi connectivity index (χ3n) is 4.05. The summed E-state index contributed by atoms with van der Waals surface area (Å²) in [4.78, 5) is 0. The van der Waals surface area contributed by atoms with Gasteiger partial charge in [-0.15, -0.1) is 0 Å². The van der Waals surface area contributed by atoms with Gasteiger partial charge in [0.1, 0.15) is 0 Å². The molecule has 0 radical (unpaired) electrons. The third-order valence-corrected chi connectivity index (χ3v) is 5.81. The molecule has 5 heteroatoms. The number of hydrogen-bond acceptors (Lipinski definition) is 4. The van der Waals surface area contributed by atoms with Gasteiger partial charge in [0.05, 0.1) is 11.5 Å². The highest BCUT2D eigenvalue weighted by Gasteiger charge is 2.26. The first-order valence-electron chi connectivity index (χ1n) is 7.17. The maximum atomic E-state index is 11.3. The van der Waals surface area contributed by atoms with Gasteiger partial charge >= 0.3 is 0 Å². The van der Waals surface area contributed by atoms with E-state index < -0.39 is 9.84 Å². The summed E-state index contributed by atoms with van der Waals surface area (Å²) >= 11 is 0. The topological polar surface area (TPSA) is 55.4 Å². The second-order valence-electron chi connectivity index (χ2n) is 5.61. The van der Waals surface area contributed by atoms with Crippen molar-refractivity contribution in [1.29, 1.82) is 0 Å². The second kappa shape index (κ2) is 6.87. The first kappa shape index (κ1) is 14.3. The lowest BCUT2D eigenvalue weighted by Gasteiger charge is -2.21. The summed E-state index contributed by atoms with van der Waals surface area (Å²) < 4.78 is 27.9. The van der Waals surface area contributed by atoms with E-state index in [0.29, 0.717) is 11.5 Å². The molecule has 0 spiro atoms. The molecule has 106 valence electrons. The summed E-state index contributed by atoms with van der Waals surface area (Å²) in [6, 6.07) is 0.207. The highest BCUT2D eigenvalue weighted by molar-refractivity contribution is 7.91. The summed E-state index contributed by atoms with van der Waals surface area (Å²) in [6.45, 7) is 2.83. The lowest BCUT2D eigenvalue weighted by atomic mass is 9.94. The lowest BCUT2D eigenvalue weighted by Crippen LogP contribution is -2.30. The number of nitrogens with one attached hydrogen (secondary N) is 1. The minimum atomic E-state index is -2.73. The van der Waals surface area contributed by atoms with E-state index in [1.807, 2.05) is 0 Å². The number of rotatable bonds is 6. The van der Waals surface area contributed by atoms with Crippen LogP contribution in [0.25, 0.3) is 0 Å². The smallest absolute Gasteiger partial charge is 0.151 e. The molecule has 2 rings (SSSR count). The van der Waals surface area contributed by atoms with E-state index in [1.165, 1.54) is 25.7 Å². The predicted octanol–water partition coefficient (Wildman–Crippen LogP) is 1.36. The third kappa shape index (κ3) is 4.86. The van der Waals surface area contributed by atoms with E-state index in [-0.39, 0.29) is 6.04 Å². The molecule has 1 unspecified atom stereocenters. The molecule has 0 aliphatic carbocycles. The van der Waals surface area contributed by atoms with Gasteiger partial charge in [-0.2, -0.15) is 0 Å². The van der Waals surface area contributed by atoms with Crippen LogP contribution in [-0.4, -0.2) is 45.7 Å². The molecule has 0 bridgehead atoms. The van der Waals surface area contributed by atoms with Crippen LogP contribution < -0.4 is 5.32 Å². The van der Waals surface area contributed by atoms with Crippen molar-refractivity contribution in [3.63, 3.8) is 0 Å². The highest BCUT2D eigenvalue weighted by Crippen LogP contribution is 2.20. The zero-order chi connectivity index (χ0) is 12.8. The average molecular weight is 275 g/mol. The molecule has 0 saturated carbocycles. The molecule has 2 aliphatic rings. The van der Waals surface area contributed by atoms with Gasteiger partial charge in [0, 0.05) is 19.3 Å². The van der Waals surface area contributed by atoms with Crippen LogP contribution in [0.5, 0.6) is 0 Å². The van der Waals surface area contributed by atoms with Gasteiger partial charge in [0.15, 0.2) is 9.84 Å². The molecular formula is C13H25NO3S. The van der Waals surface area contributed by atoms with Crippen LogP contribution in [0.1, 0.15) is 38.5 Å². The van der Waals surface area contributed by atoms with Crippen molar-refractivity contribution in [3.8, 4) is 0 Å². The number of ether oxygens (including phenoxy) is 1. The fourth-order valence-electron chi connectivity index (χ4n) is 2.86. The maximum absolute atomic E-state index is 11.3. The van der Waals surface area contributed by atoms with Gasteiger partial charge in [-0.25, -0.2) is 8.42 Å². The number of unbranched alkanes of at least 4 members (excludes halogenated alkanes) is 1. The number of sulfone groups is 1. The Hall–Kier alpha value is -0.130. The van der Waals surface area contributed by atoms with Gasteiger partial charge in [-0.05, 0) is 38.1 Å². The van der Waals surface area contributed by atoms with Crippen molar-refractivity contribution in [2.75, 3.05) is 31.3 Å². The Morgan fingerprint density at radius 3 is 2.56 bits per heavy atom. The standard InChI is InChI=1S/C13H25NO3S/c15-18(16)10-6-13(11-18)14-7-2-1-3-12-4-8-17-9-5-12/h12-14H,1-11H2. The van der Waals surface area contributed by atoms with E-state index >= 15 is 0 Å². The van der Waals surface area contributed by atoms with Crippen molar-refractivity contribution in [2.24, 2.45) is 5.92 Å². The second-order valence-corrected chi connectivity index (χ2v) is 7.83. The van der Waals surface area contributed by atoms with Crippen molar-refractivity contribution in [3.05, 3.63) is 0 Å². The van der Waals surface area contributed by atoms with Gasteiger partial charge in [-0.3, -0.25) is 0 Å². The van der Waals surface area contributed by atoms with E-state index in [4.69, 9.17) is 4.74 Å². The first-order valence-corrected chi connectivity index (χ1v) is 8.99. The maximum Gasteiger partial charge on any atom is 0.151 e. The summed E-state index contributed by atoms with van der Waals surface area (Å²) in [5.41, 5.74) is 0. The van der Waals surface area contributed by atoms with E-state index in [2.05, 4.69) is 5.32 Å². The largest absolute Gasteiger partial charge is 0.381 e. The summed E-state index contributed by atoms with van der Waals surface area (Å²) in [5, 5.41) is 3.37. The normalized spacial score (nSPS) is 28.6. The fraction of sp³-hybridized carbons (Fsp3) is 1.00. The quantitative estimate of drug-likeness (QED) is 0.744. The van der Waals surface area contributed by atoms with Crippen LogP contribution >= 0.6 is 0 Å². The molecule has 0 amide bonds. The van der Waals surface area contributed by atoms with Crippen LogP contribution in [-0.2, 0) is 14.6 Å². The van der Waals surface area contributed by atoms with E-state index in [0.717, 1.165) is 38.5 Å². The Bertz CT molecular complexity index is 336. The van der Waals surface area contributed by atoms with Crippen LogP contribution in [0.15, 0.2) is 0 Å². The molecule has 2 aliphatic heterocycles. The Balaban J connectivity index is 1.49. The van der Waals surface area contributed by atoms with Gasteiger partial charge in [0.25, 0.3) is 0 Å². The summed E-state index contributed by atoms with van der Waals surface area (Å²) in [6.07, 6.45) is 6.93.